The van der Waals surface area contributed by atoms with E-state index >= 15 is 0 Å². The van der Waals surface area contributed by atoms with Gasteiger partial charge in [0.1, 0.15) is 5.82 Å². The molecule has 25 heavy (non-hydrogen) atoms. The molecular weight excluding hydrogens is 347 g/mol. The van der Waals surface area contributed by atoms with Crippen molar-refractivity contribution in [3.63, 3.8) is 0 Å². The third-order valence-electron chi connectivity index (χ3n) is 4.01. The maximum Gasteiger partial charge on any atom is 0.350 e. The number of benzene rings is 1. The van der Waals surface area contributed by atoms with Crippen LogP contribution in [0.1, 0.15) is 32.4 Å². The highest BCUT2D eigenvalue weighted by Crippen LogP contribution is 2.28. The molecule has 0 amide bonds. The average Bonchev–Trinajstić information content (AvgIpc) is 2.61. The highest BCUT2D eigenvalue weighted by atomic mass is 35.5. The zero-order chi connectivity index (χ0) is 18.6. The van der Waals surface area contributed by atoms with E-state index in [0.29, 0.717) is 24.1 Å². The molecule has 0 N–H and O–H groups in total. The summed E-state index contributed by atoms with van der Waals surface area (Å²) in [5.74, 6) is -0.505. The number of ether oxygens (including phenoxy) is 2. The number of hydrogen-bond donors (Lipinski definition) is 0. The van der Waals surface area contributed by atoms with Crippen LogP contribution in [-0.2, 0) is 9.53 Å². The fourth-order valence-corrected chi connectivity index (χ4v) is 2.58. The summed E-state index contributed by atoms with van der Waals surface area (Å²) in [6, 6.07) is 5.94. The summed E-state index contributed by atoms with van der Waals surface area (Å²) < 4.78 is 24.5. The van der Waals surface area contributed by atoms with Gasteiger partial charge in [-0.3, -0.25) is 0 Å². The van der Waals surface area contributed by atoms with Crippen molar-refractivity contribution >= 4 is 17.6 Å². The first-order valence-corrected chi connectivity index (χ1v) is 8.31. The molecular formula is C18H20ClFN2O3. The van der Waals surface area contributed by atoms with Crippen LogP contribution in [0.25, 0.3) is 11.4 Å². The largest absolute Gasteiger partial charge is 0.466 e. The van der Waals surface area contributed by atoms with Gasteiger partial charge in [-0.1, -0.05) is 25.4 Å². The van der Waals surface area contributed by atoms with Crippen LogP contribution < -0.4 is 4.74 Å². The van der Waals surface area contributed by atoms with Crippen LogP contribution in [0.2, 0.25) is 5.02 Å². The Morgan fingerprint density at radius 1 is 1.24 bits per heavy atom. The number of carbonyl (C=O) groups is 1. The van der Waals surface area contributed by atoms with Gasteiger partial charge in [-0.2, -0.15) is 4.98 Å². The molecule has 0 saturated heterocycles. The van der Waals surface area contributed by atoms with Crippen molar-refractivity contribution < 1.29 is 18.7 Å². The molecule has 0 aliphatic carbocycles. The lowest BCUT2D eigenvalue weighted by Gasteiger charge is -2.29. The van der Waals surface area contributed by atoms with Gasteiger partial charge in [0, 0.05) is 17.3 Å². The fourth-order valence-electron chi connectivity index (χ4n) is 2.47. The first kappa shape index (κ1) is 19.1. The van der Waals surface area contributed by atoms with Crippen LogP contribution in [0.15, 0.2) is 24.3 Å². The number of nitrogens with zero attached hydrogens (tertiary/aromatic N) is 2. The van der Waals surface area contributed by atoms with Crippen LogP contribution in [0.3, 0.4) is 0 Å². The number of rotatable bonds is 6. The van der Waals surface area contributed by atoms with E-state index in [1.807, 2.05) is 13.8 Å². The minimum absolute atomic E-state index is 0.0227. The second kappa shape index (κ2) is 7.78. The van der Waals surface area contributed by atoms with Crippen molar-refractivity contribution in [2.24, 2.45) is 0 Å². The van der Waals surface area contributed by atoms with E-state index in [-0.39, 0.29) is 16.7 Å². The third kappa shape index (κ3) is 4.07. The van der Waals surface area contributed by atoms with Gasteiger partial charge < -0.3 is 9.47 Å². The summed E-state index contributed by atoms with van der Waals surface area (Å²) >= 11 is 5.71. The zero-order valence-electron chi connectivity index (χ0n) is 14.6. The molecule has 2 rings (SSSR count). The van der Waals surface area contributed by atoms with E-state index in [4.69, 9.17) is 21.1 Å². The Morgan fingerprint density at radius 3 is 2.48 bits per heavy atom. The lowest BCUT2D eigenvalue weighted by atomic mass is 9.97. The normalized spacial score (nSPS) is 11.3. The molecule has 0 bridgehead atoms. The van der Waals surface area contributed by atoms with Gasteiger partial charge in [0.2, 0.25) is 11.5 Å². The van der Waals surface area contributed by atoms with Gasteiger partial charge in [-0.05, 0) is 38.0 Å². The number of aryl methyl sites for hydroxylation is 1. The molecule has 1 heterocycles. The van der Waals surface area contributed by atoms with E-state index in [2.05, 4.69) is 9.97 Å². The Labute approximate surface area is 151 Å². The van der Waals surface area contributed by atoms with Gasteiger partial charge in [0.15, 0.2) is 5.82 Å². The van der Waals surface area contributed by atoms with Gasteiger partial charge in [0.25, 0.3) is 0 Å². The Balaban J connectivity index is 2.44. The molecule has 0 atom stereocenters. The third-order valence-corrected chi connectivity index (χ3v) is 4.31. The standard InChI is InChI=1S/C18H20ClFN2O3/c1-5-18(6-2,17(23)24-4)25-15-9-11(3)21-16(22-15)12-7-8-13(19)14(20)10-12/h7-10H,5-6H2,1-4H3. The minimum atomic E-state index is -1.13. The smallest absolute Gasteiger partial charge is 0.350 e. The molecule has 0 fully saturated rings. The van der Waals surface area contributed by atoms with E-state index in [9.17, 15) is 9.18 Å². The van der Waals surface area contributed by atoms with E-state index < -0.39 is 17.4 Å². The molecule has 0 spiro atoms. The van der Waals surface area contributed by atoms with Crippen LogP contribution in [0.5, 0.6) is 5.88 Å². The first-order valence-electron chi connectivity index (χ1n) is 7.93. The van der Waals surface area contributed by atoms with E-state index in [1.165, 1.54) is 19.2 Å². The molecule has 7 heteroatoms. The number of halogens is 2. The Morgan fingerprint density at radius 2 is 1.92 bits per heavy atom. The second-order valence-electron chi connectivity index (χ2n) is 5.60. The Hall–Kier alpha value is -2.21. The number of carbonyl (C=O) groups excluding carboxylic acids is 1. The minimum Gasteiger partial charge on any atom is -0.466 e. The summed E-state index contributed by atoms with van der Waals surface area (Å²) in [7, 11) is 1.32. The molecule has 0 radical (unpaired) electrons. The van der Waals surface area contributed by atoms with Crippen LogP contribution in [0, 0.1) is 12.7 Å². The van der Waals surface area contributed by atoms with Gasteiger partial charge >= 0.3 is 5.97 Å². The van der Waals surface area contributed by atoms with Crippen LogP contribution in [-0.4, -0.2) is 28.6 Å². The molecule has 0 unspecified atom stereocenters. The SMILES string of the molecule is CCC(CC)(Oc1cc(C)nc(-c2ccc(Cl)c(F)c2)n1)C(=O)OC. The molecule has 134 valence electrons. The first-order chi connectivity index (χ1) is 11.8. The van der Waals surface area contributed by atoms with E-state index in [1.54, 1.807) is 19.1 Å². The maximum atomic E-state index is 13.7. The maximum absolute atomic E-state index is 13.7. The van der Waals surface area contributed by atoms with Crippen molar-refractivity contribution in [3.8, 4) is 17.3 Å². The van der Waals surface area contributed by atoms with Crippen molar-refractivity contribution in [2.75, 3.05) is 7.11 Å². The van der Waals surface area contributed by atoms with Crippen molar-refractivity contribution in [1.29, 1.82) is 0 Å². The Kier molecular flexibility index (Phi) is 5.95. The number of methoxy groups -OCH3 is 1. The van der Waals surface area contributed by atoms with Crippen LogP contribution in [0.4, 0.5) is 4.39 Å². The van der Waals surface area contributed by atoms with E-state index in [0.717, 1.165) is 0 Å². The lowest BCUT2D eigenvalue weighted by molar-refractivity contribution is -0.160. The quantitative estimate of drug-likeness (QED) is 0.711. The second-order valence-corrected chi connectivity index (χ2v) is 6.00. The van der Waals surface area contributed by atoms with Crippen molar-refractivity contribution in [1.82, 2.24) is 9.97 Å². The highest BCUT2D eigenvalue weighted by Gasteiger charge is 2.39. The predicted octanol–water partition coefficient (Wildman–Crippen LogP) is 4.36. The summed E-state index contributed by atoms with van der Waals surface area (Å²) in [4.78, 5) is 20.8. The summed E-state index contributed by atoms with van der Waals surface area (Å²) in [5, 5.41) is 0.0227. The van der Waals surface area contributed by atoms with Gasteiger partial charge in [0.05, 0.1) is 12.1 Å². The molecule has 0 aliphatic heterocycles. The Bertz CT molecular complexity index is 779. The summed E-state index contributed by atoms with van der Waals surface area (Å²) in [6.45, 7) is 5.44. The molecule has 5 nitrogen and oxygen atoms in total. The monoisotopic (exact) mass is 366 g/mol. The summed E-state index contributed by atoms with van der Waals surface area (Å²) in [6.07, 6.45) is 0.842. The number of aromatic nitrogens is 2. The zero-order valence-corrected chi connectivity index (χ0v) is 15.4. The molecule has 1 aromatic carbocycles. The van der Waals surface area contributed by atoms with Gasteiger partial charge in [-0.15, -0.1) is 0 Å². The fraction of sp³-hybridized carbons (Fsp3) is 0.389. The molecule has 0 aliphatic rings. The highest BCUT2D eigenvalue weighted by molar-refractivity contribution is 6.30. The average molecular weight is 367 g/mol. The van der Waals surface area contributed by atoms with Crippen molar-refractivity contribution in [2.45, 2.75) is 39.2 Å². The lowest BCUT2D eigenvalue weighted by Crippen LogP contribution is -2.44. The molecule has 2 aromatic rings. The predicted molar refractivity (Wildman–Crippen MR) is 93.1 cm³/mol. The van der Waals surface area contributed by atoms with Crippen LogP contribution >= 0.6 is 11.6 Å². The number of esters is 1. The van der Waals surface area contributed by atoms with Gasteiger partial charge in [-0.25, -0.2) is 14.2 Å². The van der Waals surface area contributed by atoms with Crippen molar-refractivity contribution in [3.05, 3.63) is 40.8 Å². The molecule has 0 saturated carbocycles. The molecule has 1 aromatic heterocycles. The topological polar surface area (TPSA) is 61.3 Å². The number of hydrogen-bond acceptors (Lipinski definition) is 5. The summed E-state index contributed by atoms with van der Waals surface area (Å²) in [5.41, 5.74) is -0.0358.